The van der Waals surface area contributed by atoms with E-state index >= 15 is 0 Å². The largest absolute Gasteiger partial charge is 0.469 e. The smallest absolute Gasteiger partial charge is 0.305 e. The molecule has 1 aliphatic heterocycles. The summed E-state index contributed by atoms with van der Waals surface area (Å²) in [5, 5.41) is 0. The zero-order valence-corrected chi connectivity index (χ0v) is 13.4. The van der Waals surface area contributed by atoms with Gasteiger partial charge in [0, 0.05) is 25.6 Å². The van der Waals surface area contributed by atoms with Gasteiger partial charge in [0.25, 0.3) is 0 Å². The highest BCUT2D eigenvalue weighted by atomic mass is 32.2. The molecular weight excluding hydrogens is 280 g/mol. The molecule has 1 unspecified atom stereocenters. The zero-order valence-electron chi connectivity index (χ0n) is 12.6. The van der Waals surface area contributed by atoms with Crippen molar-refractivity contribution in [3.05, 3.63) is 0 Å². The Morgan fingerprint density at radius 3 is 2.70 bits per heavy atom. The summed E-state index contributed by atoms with van der Waals surface area (Å²) in [4.78, 5) is 13.3. The van der Waals surface area contributed by atoms with Gasteiger partial charge in [-0.15, -0.1) is 0 Å². The van der Waals surface area contributed by atoms with E-state index in [9.17, 15) is 13.2 Å². The van der Waals surface area contributed by atoms with E-state index in [2.05, 4.69) is 28.2 Å². The van der Waals surface area contributed by atoms with Gasteiger partial charge in [-0.05, 0) is 39.2 Å². The van der Waals surface area contributed by atoms with Crippen molar-refractivity contribution in [3.63, 3.8) is 0 Å². The first-order valence-corrected chi connectivity index (χ1v) is 8.77. The second-order valence-corrected chi connectivity index (χ2v) is 7.52. The molecule has 0 amide bonds. The minimum atomic E-state index is -3.29. The summed E-state index contributed by atoms with van der Waals surface area (Å²) in [5.41, 5.74) is 0. The van der Waals surface area contributed by atoms with Crippen molar-refractivity contribution in [1.82, 2.24) is 9.62 Å². The maximum Gasteiger partial charge on any atom is 0.305 e. The monoisotopic (exact) mass is 306 g/mol. The van der Waals surface area contributed by atoms with E-state index in [1.54, 1.807) is 0 Å². The highest BCUT2D eigenvalue weighted by Crippen LogP contribution is 2.17. The van der Waals surface area contributed by atoms with E-state index in [-0.39, 0.29) is 18.1 Å². The van der Waals surface area contributed by atoms with Gasteiger partial charge in [0.1, 0.15) is 0 Å². The molecule has 0 aromatic heterocycles. The number of hydrogen-bond acceptors (Lipinski definition) is 5. The van der Waals surface area contributed by atoms with E-state index in [0.717, 1.165) is 19.5 Å². The molecule has 1 fully saturated rings. The molecule has 1 heterocycles. The fourth-order valence-electron chi connectivity index (χ4n) is 2.32. The molecule has 0 spiro atoms. The lowest BCUT2D eigenvalue weighted by atomic mass is 10.1. The fraction of sp³-hybridized carbons (Fsp3) is 0.923. The van der Waals surface area contributed by atoms with Gasteiger partial charge in [0.05, 0.1) is 12.9 Å². The third kappa shape index (κ3) is 6.19. The molecule has 0 saturated carbocycles. The standard InChI is InChI=1S/C13H26N2O4S/c1-11(2)15-7-6-12(10-15)9-14-20(17,18)8-4-5-13(16)19-3/h11-12,14H,4-10H2,1-3H3. The lowest BCUT2D eigenvalue weighted by molar-refractivity contribution is -0.140. The van der Waals surface area contributed by atoms with Crippen LogP contribution in [0.15, 0.2) is 0 Å². The number of carbonyl (C=O) groups is 1. The average molecular weight is 306 g/mol. The van der Waals surface area contributed by atoms with Gasteiger partial charge in [0.2, 0.25) is 10.0 Å². The molecule has 6 nitrogen and oxygen atoms in total. The van der Waals surface area contributed by atoms with Crippen LogP contribution < -0.4 is 4.72 Å². The highest BCUT2D eigenvalue weighted by Gasteiger charge is 2.25. The number of sulfonamides is 1. The van der Waals surface area contributed by atoms with Crippen molar-refractivity contribution in [1.29, 1.82) is 0 Å². The number of carbonyl (C=O) groups excluding carboxylic acids is 1. The van der Waals surface area contributed by atoms with Crippen LogP contribution in [0.1, 0.15) is 33.1 Å². The number of hydrogen-bond donors (Lipinski definition) is 1. The lowest BCUT2D eigenvalue weighted by Gasteiger charge is -2.20. The lowest BCUT2D eigenvalue weighted by Crippen LogP contribution is -2.34. The number of methoxy groups -OCH3 is 1. The Hall–Kier alpha value is -0.660. The SMILES string of the molecule is COC(=O)CCCS(=O)(=O)NCC1CCN(C(C)C)C1. The summed E-state index contributed by atoms with van der Waals surface area (Å²) in [6.07, 6.45) is 1.47. The van der Waals surface area contributed by atoms with Crippen LogP contribution in [-0.4, -0.2) is 57.8 Å². The van der Waals surface area contributed by atoms with Crippen LogP contribution in [0.25, 0.3) is 0 Å². The molecule has 118 valence electrons. The first kappa shape index (κ1) is 17.4. The van der Waals surface area contributed by atoms with Crippen molar-refractivity contribution in [2.75, 3.05) is 32.5 Å². The van der Waals surface area contributed by atoms with E-state index in [1.807, 2.05) is 0 Å². The highest BCUT2D eigenvalue weighted by molar-refractivity contribution is 7.89. The second-order valence-electron chi connectivity index (χ2n) is 5.59. The first-order valence-electron chi connectivity index (χ1n) is 7.12. The minimum absolute atomic E-state index is 0.0251. The number of rotatable bonds is 8. The van der Waals surface area contributed by atoms with Gasteiger partial charge in [-0.25, -0.2) is 13.1 Å². The van der Waals surface area contributed by atoms with Crippen LogP contribution in [-0.2, 0) is 19.6 Å². The van der Waals surface area contributed by atoms with Gasteiger partial charge < -0.3 is 9.64 Å². The van der Waals surface area contributed by atoms with Gasteiger partial charge in [-0.1, -0.05) is 0 Å². The maximum absolute atomic E-state index is 11.8. The number of esters is 1. The van der Waals surface area contributed by atoms with Crippen LogP contribution in [0, 0.1) is 5.92 Å². The quantitative estimate of drug-likeness (QED) is 0.664. The van der Waals surface area contributed by atoms with Crippen molar-refractivity contribution >= 4 is 16.0 Å². The number of nitrogens with one attached hydrogen (secondary N) is 1. The van der Waals surface area contributed by atoms with E-state index in [4.69, 9.17) is 0 Å². The van der Waals surface area contributed by atoms with Crippen molar-refractivity contribution < 1.29 is 17.9 Å². The van der Waals surface area contributed by atoms with Crippen molar-refractivity contribution in [2.24, 2.45) is 5.92 Å². The Bertz CT molecular complexity index is 409. The summed E-state index contributed by atoms with van der Waals surface area (Å²) in [6.45, 7) is 6.78. The van der Waals surface area contributed by atoms with E-state index in [1.165, 1.54) is 7.11 Å². The Balaban J connectivity index is 2.25. The molecular formula is C13H26N2O4S. The maximum atomic E-state index is 11.8. The van der Waals surface area contributed by atoms with Gasteiger partial charge in [0.15, 0.2) is 0 Å². The van der Waals surface area contributed by atoms with Gasteiger partial charge >= 0.3 is 5.97 Å². The summed E-state index contributed by atoms with van der Waals surface area (Å²) < 4.78 is 30.7. The second kappa shape index (κ2) is 7.95. The molecule has 20 heavy (non-hydrogen) atoms. The third-order valence-electron chi connectivity index (χ3n) is 3.66. The normalized spacial score (nSPS) is 20.5. The predicted octanol–water partition coefficient (Wildman–Crippen LogP) is 0.589. The third-order valence-corrected chi connectivity index (χ3v) is 5.09. The van der Waals surface area contributed by atoms with Crippen LogP contribution >= 0.6 is 0 Å². The minimum Gasteiger partial charge on any atom is -0.469 e. The summed E-state index contributed by atoms with van der Waals surface area (Å²) >= 11 is 0. The number of likely N-dealkylation sites (tertiary alicyclic amines) is 1. The predicted molar refractivity (Wildman–Crippen MR) is 77.9 cm³/mol. The van der Waals surface area contributed by atoms with Crippen LogP contribution in [0.3, 0.4) is 0 Å². The molecule has 1 aliphatic rings. The summed E-state index contributed by atoms with van der Waals surface area (Å²) in [6, 6.07) is 0.511. The first-order chi connectivity index (χ1) is 9.34. The molecule has 1 saturated heterocycles. The molecule has 0 aromatic rings. The molecule has 1 rings (SSSR count). The Labute approximate surface area is 121 Å². The van der Waals surface area contributed by atoms with Crippen molar-refractivity contribution in [3.8, 4) is 0 Å². The zero-order chi connectivity index (χ0) is 15.2. The molecule has 0 aliphatic carbocycles. The van der Waals surface area contributed by atoms with Gasteiger partial charge in [-0.2, -0.15) is 0 Å². The molecule has 0 aromatic carbocycles. The molecule has 7 heteroatoms. The molecule has 1 atom stereocenters. The molecule has 0 radical (unpaired) electrons. The van der Waals surface area contributed by atoms with Crippen LogP contribution in [0.2, 0.25) is 0 Å². The van der Waals surface area contributed by atoms with Gasteiger partial charge in [-0.3, -0.25) is 4.79 Å². The summed E-state index contributed by atoms with van der Waals surface area (Å²) in [5.74, 6) is -0.0146. The van der Waals surface area contributed by atoms with Crippen molar-refractivity contribution in [2.45, 2.75) is 39.2 Å². The summed E-state index contributed by atoms with van der Waals surface area (Å²) in [7, 11) is -1.99. The average Bonchev–Trinajstić information content (AvgIpc) is 2.85. The fourth-order valence-corrected chi connectivity index (χ4v) is 3.48. The molecule has 0 bridgehead atoms. The van der Waals surface area contributed by atoms with E-state index in [0.29, 0.717) is 24.9 Å². The van der Waals surface area contributed by atoms with Crippen LogP contribution in [0.4, 0.5) is 0 Å². The van der Waals surface area contributed by atoms with Crippen LogP contribution in [0.5, 0.6) is 0 Å². The van der Waals surface area contributed by atoms with E-state index < -0.39 is 10.0 Å². The Morgan fingerprint density at radius 2 is 2.15 bits per heavy atom. The molecule has 1 N–H and O–H groups in total. The Morgan fingerprint density at radius 1 is 1.45 bits per heavy atom. The Kier molecular flexibility index (Phi) is 6.91. The number of ether oxygens (including phenoxy) is 1. The number of nitrogens with zero attached hydrogens (tertiary/aromatic N) is 1. The topological polar surface area (TPSA) is 75.7 Å².